The molecule has 134 valence electrons. The molecule has 0 saturated carbocycles. The predicted molar refractivity (Wildman–Crippen MR) is 93.4 cm³/mol. The number of likely N-dealkylation sites (tertiary alicyclic amines) is 1. The number of halogens is 1. The summed E-state index contributed by atoms with van der Waals surface area (Å²) in [7, 11) is -1.88. The van der Waals surface area contributed by atoms with Crippen LogP contribution in [0, 0.1) is 11.8 Å². The lowest BCUT2D eigenvalue weighted by atomic mass is 10.0. The van der Waals surface area contributed by atoms with Crippen molar-refractivity contribution in [2.45, 2.75) is 4.90 Å². The number of fused-ring (bicyclic) bond motifs is 1. The van der Waals surface area contributed by atoms with E-state index in [1.165, 1.54) is 19.2 Å². The van der Waals surface area contributed by atoms with E-state index >= 15 is 0 Å². The number of carbonyl (C=O) groups excluding carboxylic acids is 1. The van der Waals surface area contributed by atoms with Gasteiger partial charge in [-0.3, -0.25) is 4.79 Å². The van der Waals surface area contributed by atoms with Crippen LogP contribution < -0.4 is 5.32 Å². The first-order valence-corrected chi connectivity index (χ1v) is 9.48. The van der Waals surface area contributed by atoms with Crippen LogP contribution in [0.25, 0.3) is 0 Å². The van der Waals surface area contributed by atoms with Gasteiger partial charge < -0.3 is 15.0 Å². The number of nitrogens with zero attached hydrogens (tertiary/aromatic N) is 1. The van der Waals surface area contributed by atoms with Crippen molar-refractivity contribution in [1.29, 1.82) is 0 Å². The minimum atomic E-state index is -3.35. The van der Waals surface area contributed by atoms with Gasteiger partial charge in [-0.2, -0.15) is 0 Å². The van der Waals surface area contributed by atoms with E-state index in [1.54, 1.807) is 12.1 Å². The number of hydrogen-bond acceptors (Lipinski definition) is 5. The second-order valence-corrected chi connectivity index (χ2v) is 8.33. The standard InChI is InChI=1S/C16H22N2O4S.ClH/c1-22-6-7-23(20,21)15-4-2-12(3-5-15)16(19)18-10-13-8-17-9-14(13)11-18;/h2-5,13-14,17H,6-11H2,1H3;1H/t13-,14+;. The Labute approximate surface area is 148 Å². The first-order valence-electron chi connectivity index (χ1n) is 7.83. The molecule has 0 bridgehead atoms. The van der Waals surface area contributed by atoms with Gasteiger partial charge >= 0.3 is 0 Å². The predicted octanol–water partition coefficient (Wildman–Crippen LogP) is 0.820. The van der Waals surface area contributed by atoms with Crippen LogP contribution in [0.4, 0.5) is 0 Å². The van der Waals surface area contributed by atoms with Gasteiger partial charge in [-0.05, 0) is 36.1 Å². The monoisotopic (exact) mass is 374 g/mol. The number of sulfone groups is 1. The van der Waals surface area contributed by atoms with E-state index in [0.717, 1.165) is 26.2 Å². The Kier molecular flexibility index (Phi) is 6.25. The SMILES string of the molecule is COCCS(=O)(=O)c1ccc(C(=O)N2C[C@H]3CNC[C@H]3C2)cc1.Cl. The van der Waals surface area contributed by atoms with Crippen molar-refractivity contribution in [2.24, 2.45) is 11.8 Å². The minimum absolute atomic E-state index is 0. The van der Waals surface area contributed by atoms with Crippen LogP contribution >= 0.6 is 12.4 Å². The molecule has 1 aromatic rings. The molecule has 1 aromatic carbocycles. The van der Waals surface area contributed by atoms with Gasteiger partial charge in [0.05, 0.1) is 17.3 Å². The summed E-state index contributed by atoms with van der Waals surface area (Å²) in [6.45, 7) is 3.68. The molecule has 0 unspecified atom stereocenters. The maximum absolute atomic E-state index is 12.5. The number of carbonyl (C=O) groups is 1. The highest BCUT2D eigenvalue weighted by Gasteiger charge is 2.38. The van der Waals surface area contributed by atoms with Crippen LogP contribution in [0.2, 0.25) is 0 Å². The first kappa shape index (κ1) is 19.2. The van der Waals surface area contributed by atoms with Crippen molar-refractivity contribution < 1.29 is 17.9 Å². The molecule has 2 saturated heterocycles. The lowest BCUT2D eigenvalue weighted by Gasteiger charge is -2.17. The Morgan fingerprint density at radius 2 is 1.79 bits per heavy atom. The maximum Gasteiger partial charge on any atom is 0.253 e. The molecule has 0 aliphatic carbocycles. The minimum Gasteiger partial charge on any atom is -0.384 e. The quantitative estimate of drug-likeness (QED) is 0.825. The van der Waals surface area contributed by atoms with E-state index in [9.17, 15) is 13.2 Å². The maximum atomic E-state index is 12.5. The normalized spacial score (nSPS) is 23.0. The summed E-state index contributed by atoms with van der Waals surface area (Å²) < 4.78 is 29.0. The summed E-state index contributed by atoms with van der Waals surface area (Å²) >= 11 is 0. The fourth-order valence-electron chi connectivity index (χ4n) is 3.32. The number of benzene rings is 1. The molecule has 0 aromatic heterocycles. The summed E-state index contributed by atoms with van der Waals surface area (Å²) in [6, 6.07) is 6.23. The Bertz CT molecular complexity index is 666. The van der Waals surface area contributed by atoms with Gasteiger partial charge in [0.1, 0.15) is 0 Å². The highest BCUT2D eigenvalue weighted by Crippen LogP contribution is 2.27. The Morgan fingerprint density at radius 3 is 2.33 bits per heavy atom. The fraction of sp³-hybridized carbons (Fsp3) is 0.562. The molecule has 1 N–H and O–H groups in total. The van der Waals surface area contributed by atoms with Gasteiger partial charge in [0.2, 0.25) is 0 Å². The summed E-state index contributed by atoms with van der Waals surface area (Å²) in [6.07, 6.45) is 0. The zero-order valence-electron chi connectivity index (χ0n) is 13.6. The van der Waals surface area contributed by atoms with Crippen molar-refractivity contribution in [3.63, 3.8) is 0 Å². The molecule has 2 aliphatic heterocycles. The highest BCUT2D eigenvalue weighted by atomic mass is 35.5. The second kappa shape index (κ2) is 7.82. The van der Waals surface area contributed by atoms with Crippen molar-refractivity contribution in [3.05, 3.63) is 29.8 Å². The van der Waals surface area contributed by atoms with E-state index < -0.39 is 9.84 Å². The fourth-order valence-corrected chi connectivity index (χ4v) is 4.49. The van der Waals surface area contributed by atoms with Crippen LogP contribution in [-0.2, 0) is 14.6 Å². The largest absolute Gasteiger partial charge is 0.384 e. The van der Waals surface area contributed by atoms with Crippen LogP contribution in [0.3, 0.4) is 0 Å². The van der Waals surface area contributed by atoms with Crippen molar-refractivity contribution >= 4 is 28.2 Å². The number of hydrogen-bond donors (Lipinski definition) is 1. The highest BCUT2D eigenvalue weighted by molar-refractivity contribution is 7.91. The molecule has 0 spiro atoms. The Hall–Kier alpha value is -1.15. The number of amides is 1. The van der Waals surface area contributed by atoms with E-state index in [0.29, 0.717) is 17.4 Å². The van der Waals surface area contributed by atoms with Crippen LogP contribution in [-0.4, -0.2) is 64.9 Å². The summed E-state index contributed by atoms with van der Waals surface area (Å²) in [4.78, 5) is 14.7. The third-order valence-electron chi connectivity index (χ3n) is 4.69. The van der Waals surface area contributed by atoms with Crippen molar-refractivity contribution in [1.82, 2.24) is 10.2 Å². The average molecular weight is 375 g/mol. The number of methoxy groups -OCH3 is 1. The molecule has 1 amide bonds. The second-order valence-electron chi connectivity index (χ2n) is 6.22. The lowest BCUT2D eigenvalue weighted by molar-refractivity contribution is 0.0781. The molecule has 2 heterocycles. The van der Waals surface area contributed by atoms with Crippen LogP contribution in [0.1, 0.15) is 10.4 Å². The van der Waals surface area contributed by atoms with Gasteiger partial charge in [0.25, 0.3) is 5.91 Å². The molecule has 2 fully saturated rings. The van der Waals surface area contributed by atoms with Crippen molar-refractivity contribution in [2.75, 3.05) is 45.6 Å². The summed E-state index contributed by atoms with van der Waals surface area (Å²) in [5.41, 5.74) is 0.545. The first-order chi connectivity index (χ1) is 11.0. The molecule has 3 rings (SSSR count). The Balaban J connectivity index is 0.00000208. The van der Waals surface area contributed by atoms with Gasteiger partial charge in [-0.25, -0.2) is 8.42 Å². The summed E-state index contributed by atoms with van der Waals surface area (Å²) in [5.74, 6) is 1.03. The molecular formula is C16H23ClN2O4S. The van der Waals surface area contributed by atoms with Gasteiger partial charge in [0.15, 0.2) is 9.84 Å². The zero-order chi connectivity index (χ0) is 16.4. The van der Waals surface area contributed by atoms with Gasteiger partial charge in [0, 0.05) is 38.9 Å². The van der Waals surface area contributed by atoms with Crippen molar-refractivity contribution in [3.8, 4) is 0 Å². The molecular weight excluding hydrogens is 352 g/mol. The molecule has 2 atom stereocenters. The zero-order valence-corrected chi connectivity index (χ0v) is 15.2. The van der Waals surface area contributed by atoms with Crippen LogP contribution in [0.5, 0.6) is 0 Å². The van der Waals surface area contributed by atoms with E-state index in [2.05, 4.69) is 5.32 Å². The molecule has 2 aliphatic rings. The van der Waals surface area contributed by atoms with Crippen LogP contribution in [0.15, 0.2) is 29.2 Å². The molecule has 6 nitrogen and oxygen atoms in total. The molecule has 8 heteroatoms. The lowest BCUT2D eigenvalue weighted by Crippen LogP contribution is -2.31. The van der Waals surface area contributed by atoms with E-state index in [4.69, 9.17) is 4.74 Å². The topological polar surface area (TPSA) is 75.7 Å². The third kappa shape index (κ3) is 3.91. The number of rotatable bonds is 5. The molecule has 0 radical (unpaired) electrons. The average Bonchev–Trinajstić information content (AvgIpc) is 3.14. The van der Waals surface area contributed by atoms with Gasteiger partial charge in [-0.15, -0.1) is 12.4 Å². The smallest absolute Gasteiger partial charge is 0.253 e. The number of ether oxygens (including phenoxy) is 1. The summed E-state index contributed by atoms with van der Waals surface area (Å²) in [5, 5.41) is 3.35. The van der Waals surface area contributed by atoms with E-state index in [1.807, 2.05) is 4.90 Å². The van der Waals surface area contributed by atoms with Gasteiger partial charge in [-0.1, -0.05) is 0 Å². The molecule has 24 heavy (non-hydrogen) atoms. The third-order valence-corrected chi connectivity index (χ3v) is 6.39. The number of nitrogens with one attached hydrogen (secondary N) is 1. The Morgan fingerprint density at radius 1 is 1.21 bits per heavy atom. The van der Waals surface area contributed by atoms with E-state index in [-0.39, 0.29) is 35.6 Å².